The molecule has 0 saturated carbocycles. The minimum absolute atomic E-state index is 0.815. The van der Waals surface area contributed by atoms with Crippen LogP contribution in [-0.4, -0.2) is 4.57 Å². The molecule has 0 spiro atoms. The maximum Gasteiger partial charge on any atom is 0.0541 e. The highest BCUT2D eigenvalue weighted by Gasteiger charge is 2.19. The summed E-state index contributed by atoms with van der Waals surface area (Å²) in [5, 5.41) is 5.13. The van der Waals surface area contributed by atoms with Crippen LogP contribution in [0.5, 0.6) is 0 Å². The Kier molecular flexibility index (Phi) is 4.02. The summed E-state index contributed by atoms with van der Waals surface area (Å²) in [4.78, 5) is 0. The second-order valence-corrected chi connectivity index (χ2v) is 9.81. The fraction of sp³-hybridized carbons (Fsp3) is 0.0667. The number of thiophene rings is 1. The maximum atomic E-state index is 6.13. The van der Waals surface area contributed by atoms with Crippen LogP contribution in [0.15, 0.2) is 97.1 Å². The molecule has 2 heterocycles. The van der Waals surface area contributed by atoms with Crippen molar-refractivity contribution in [2.45, 2.75) is 12.8 Å². The molecule has 0 radical (unpaired) electrons. The average molecular weight is 443 g/mol. The summed E-state index contributed by atoms with van der Waals surface area (Å²) >= 11 is 1.83. The second kappa shape index (κ2) is 7.09. The molecule has 33 heavy (non-hydrogen) atoms. The molecule has 0 unspecified atom stereocenters. The van der Waals surface area contributed by atoms with Gasteiger partial charge in [0.1, 0.15) is 0 Å². The molecular weight excluding hydrogens is 420 g/mol. The highest BCUT2D eigenvalue weighted by molar-refractivity contribution is 7.25. The van der Waals surface area contributed by atoms with Crippen LogP contribution >= 0.6 is 11.3 Å². The molecule has 1 aliphatic carbocycles. The lowest BCUT2D eigenvalue weighted by molar-refractivity contribution is 1.02. The van der Waals surface area contributed by atoms with Crippen LogP contribution in [0.2, 0.25) is 0 Å². The van der Waals surface area contributed by atoms with Crippen molar-refractivity contribution in [3.63, 3.8) is 0 Å². The van der Waals surface area contributed by atoms with Crippen molar-refractivity contribution in [3.8, 4) is 0 Å². The Balaban J connectivity index is 1.47. The predicted molar refractivity (Wildman–Crippen MR) is 145 cm³/mol. The van der Waals surface area contributed by atoms with Gasteiger partial charge in [-0.05, 0) is 60.9 Å². The predicted octanol–water partition coefficient (Wildman–Crippen LogP) is 8.46. The van der Waals surface area contributed by atoms with Crippen LogP contribution in [0.4, 0.5) is 5.69 Å². The number of para-hydroxylation sites is 2. The molecule has 2 N–H and O–H groups in total. The second-order valence-electron chi connectivity index (χ2n) is 8.72. The van der Waals surface area contributed by atoms with E-state index in [2.05, 4.69) is 95.6 Å². The van der Waals surface area contributed by atoms with Crippen molar-refractivity contribution in [3.05, 3.63) is 103 Å². The van der Waals surface area contributed by atoms with Gasteiger partial charge in [0.05, 0.1) is 11.0 Å². The summed E-state index contributed by atoms with van der Waals surface area (Å²) in [6, 6.07) is 30.6. The third-order valence-electron chi connectivity index (χ3n) is 6.75. The molecule has 7 rings (SSSR count). The van der Waals surface area contributed by atoms with Gasteiger partial charge in [-0.2, -0.15) is 0 Å². The first kappa shape index (κ1) is 18.7. The monoisotopic (exact) mass is 442 g/mol. The summed E-state index contributed by atoms with van der Waals surface area (Å²) in [6.07, 6.45) is 6.93. The van der Waals surface area contributed by atoms with Gasteiger partial charge < -0.3 is 10.3 Å². The van der Waals surface area contributed by atoms with Crippen LogP contribution in [0.25, 0.3) is 53.2 Å². The third kappa shape index (κ3) is 2.79. The smallest absolute Gasteiger partial charge is 0.0541 e. The molecule has 2 nitrogen and oxygen atoms in total. The highest BCUT2D eigenvalue weighted by atomic mass is 32.1. The lowest BCUT2D eigenvalue weighted by Crippen LogP contribution is -2.03. The molecule has 0 saturated heterocycles. The molecule has 158 valence electrons. The summed E-state index contributed by atoms with van der Waals surface area (Å²) in [5.41, 5.74) is 13.3. The van der Waals surface area contributed by atoms with Crippen LogP contribution < -0.4 is 5.73 Å². The first-order chi connectivity index (χ1) is 16.3. The molecule has 0 bridgehead atoms. The van der Waals surface area contributed by atoms with Crippen molar-refractivity contribution < 1.29 is 0 Å². The van der Waals surface area contributed by atoms with E-state index >= 15 is 0 Å². The molecule has 3 heteroatoms. The van der Waals surface area contributed by atoms with Gasteiger partial charge in [0.25, 0.3) is 0 Å². The Hall–Kier alpha value is -3.82. The van der Waals surface area contributed by atoms with E-state index in [1.807, 2.05) is 17.4 Å². The number of hydrogen-bond donors (Lipinski definition) is 1. The molecule has 2 aromatic heterocycles. The number of allylic oxidation sites excluding steroid dienone is 4. The molecule has 1 aliphatic rings. The van der Waals surface area contributed by atoms with Gasteiger partial charge in [-0.3, -0.25) is 0 Å². The van der Waals surface area contributed by atoms with Crippen molar-refractivity contribution in [2.24, 2.45) is 0 Å². The average Bonchev–Trinajstić information content (AvgIpc) is 3.39. The van der Waals surface area contributed by atoms with Gasteiger partial charge in [0.2, 0.25) is 0 Å². The van der Waals surface area contributed by atoms with E-state index in [-0.39, 0.29) is 0 Å². The van der Waals surface area contributed by atoms with Crippen LogP contribution in [0, 0.1) is 0 Å². The van der Waals surface area contributed by atoms with Crippen molar-refractivity contribution in [2.75, 3.05) is 5.73 Å². The minimum Gasteiger partial charge on any atom is -0.399 e. The van der Waals surface area contributed by atoms with Gasteiger partial charge >= 0.3 is 0 Å². The number of nitrogen functional groups attached to an aromatic ring is 1. The van der Waals surface area contributed by atoms with Gasteiger partial charge in [-0.1, -0.05) is 54.6 Å². The zero-order chi connectivity index (χ0) is 21.9. The third-order valence-corrected chi connectivity index (χ3v) is 7.91. The Bertz CT molecular complexity index is 1720. The van der Waals surface area contributed by atoms with Gasteiger partial charge in [0, 0.05) is 47.9 Å². The Morgan fingerprint density at radius 1 is 0.636 bits per heavy atom. The fourth-order valence-electron chi connectivity index (χ4n) is 5.28. The zero-order valence-electron chi connectivity index (χ0n) is 18.1. The van der Waals surface area contributed by atoms with Crippen molar-refractivity contribution in [1.82, 2.24) is 4.57 Å². The summed E-state index contributed by atoms with van der Waals surface area (Å²) in [7, 11) is 0. The zero-order valence-corrected chi connectivity index (χ0v) is 18.9. The Labute approximate surface area is 195 Å². The number of aromatic nitrogens is 1. The fourth-order valence-corrected chi connectivity index (χ4v) is 6.35. The molecule has 0 amide bonds. The van der Waals surface area contributed by atoms with E-state index in [0.29, 0.717) is 0 Å². The number of fused-ring (bicyclic) bond motifs is 6. The van der Waals surface area contributed by atoms with E-state index in [0.717, 1.165) is 18.5 Å². The van der Waals surface area contributed by atoms with Gasteiger partial charge in [0.15, 0.2) is 0 Å². The molecular formula is C30H22N2S. The topological polar surface area (TPSA) is 30.9 Å². The van der Waals surface area contributed by atoms with Gasteiger partial charge in [-0.15, -0.1) is 11.3 Å². The quantitative estimate of drug-likeness (QED) is 0.268. The van der Waals surface area contributed by atoms with Crippen molar-refractivity contribution >= 4 is 70.3 Å². The van der Waals surface area contributed by atoms with Crippen LogP contribution in [0.1, 0.15) is 18.4 Å². The maximum absolute atomic E-state index is 6.13. The van der Waals surface area contributed by atoms with E-state index in [9.17, 15) is 0 Å². The Morgan fingerprint density at radius 3 is 2.03 bits per heavy atom. The lowest BCUT2D eigenvalue weighted by atomic mass is 9.94. The molecule has 0 atom stereocenters. The lowest BCUT2D eigenvalue weighted by Gasteiger charge is -2.20. The Morgan fingerprint density at radius 2 is 1.27 bits per heavy atom. The van der Waals surface area contributed by atoms with E-state index in [4.69, 9.17) is 5.73 Å². The van der Waals surface area contributed by atoms with Crippen LogP contribution in [-0.2, 0) is 0 Å². The number of nitrogens with zero attached hydrogens (tertiary/aromatic N) is 1. The number of anilines is 1. The summed E-state index contributed by atoms with van der Waals surface area (Å²) < 4.78 is 5.04. The summed E-state index contributed by atoms with van der Waals surface area (Å²) in [5.74, 6) is 0. The molecule has 0 fully saturated rings. The highest BCUT2D eigenvalue weighted by Crippen LogP contribution is 2.41. The number of rotatable bonds is 2. The van der Waals surface area contributed by atoms with Crippen molar-refractivity contribution in [1.29, 1.82) is 0 Å². The summed E-state index contributed by atoms with van der Waals surface area (Å²) in [6.45, 7) is 0. The number of nitrogens with two attached hydrogens (primary N) is 1. The molecule has 4 aromatic carbocycles. The first-order valence-corrected chi connectivity index (χ1v) is 12.2. The number of benzene rings is 4. The van der Waals surface area contributed by atoms with Crippen LogP contribution in [0.3, 0.4) is 0 Å². The molecule has 0 aliphatic heterocycles. The minimum atomic E-state index is 0.815. The number of hydrogen-bond acceptors (Lipinski definition) is 2. The van der Waals surface area contributed by atoms with E-state index < -0.39 is 0 Å². The SMILES string of the molecule is Nc1ccc2sc3ccc(C4=CCCC=C4n4c5ccccc5c5ccccc54)cc3c2c1. The normalized spacial score (nSPS) is 14.3. The molecule has 6 aromatic rings. The largest absolute Gasteiger partial charge is 0.399 e. The van der Waals surface area contributed by atoms with E-state index in [1.165, 1.54) is 58.8 Å². The van der Waals surface area contributed by atoms with Gasteiger partial charge in [-0.25, -0.2) is 0 Å². The standard InChI is InChI=1S/C30H22N2S/c31-20-14-16-30-25(18-20)24-17-19(13-15-29(24)33-30)21-7-1-4-10-26(21)32-27-11-5-2-8-22(27)23-9-3-6-12-28(23)32/h2-3,5-18H,1,4,31H2. The van der Waals surface area contributed by atoms with E-state index in [1.54, 1.807) is 0 Å². The first-order valence-electron chi connectivity index (χ1n) is 11.4.